The van der Waals surface area contributed by atoms with E-state index < -0.39 is 8.07 Å². The van der Waals surface area contributed by atoms with Crippen LogP contribution in [0.5, 0.6) is 11.5 Å². The van der Waals surface area contributed by atoms with Crippen molar-refractivity contribution in [2.45, 2.75) is 0 Å². The first kappa shape index (κ1) is 34.8. The van der Waals surface area contributed by atoms with Gasteiger partial charge >= 0.3 is 20.4 Å². The number of ether oxygens (including phenoxy) is 1. The molecule has 58 heavy (non-hydrogen) atoms. The van der Waals surface area contributed by atoms with E-state index >= 15 is 0 Å². The quantitative estimate of drug-likeness (QED) is 0.0982. The molecule has 0 fully saturated rings. The number of fused-ring (bicyclic) bond motifs is 12. The Bertz CT molecular complexity index is 3330. The molecule has 0 saturated heterocycles. The van der Waals surface area contributed by atoms with E-state index in [1.54, 1.807) is 0 Å². The largest absolute Gasteiger partial charge is 2.00 e. The van der Waals surface area contributed by atoms with Gasteiger partial charge in [-0.2, -0.15) is 6.07 Å². The zero-order valence-corrected chi connectivity index (χ0v) is 34.1. The molecule has 0 amide bonds. The molecule has 276 valence electrons. The first-order valence-electron chi connectivity index (χ1n) is 19.0. The Morgan fingerprint density at radius 2 is 1.29 bits per heavy atom. The number of aromatic nitrogens is 3. The minimum atomic E-state index is -2.97. The number of hydrogen-bond acceptors (Lipinski definition) is 5. The molecule has 11 aromatic rings. The topological polar surface area (TPSA) is 42.7 Å². The van der Waals surface area contributed by atoms with Crippen molar-refractivity contribution >= 4 is 105 Å². The molecule has 4 aromatic heterocycles. The van der Waals surface area contributed by atoms with Crippen LogP contribution in [0.25, 0.3) is 47.5 Å². The smallest absolute Gasteiger partial charge is 0.503 e. The van der Waals surface area contributed by atoms with Gasteiger partial charge in [0.2, 0.25) is 0 Å². The monoisotopic (exact) mass is 868 g/mol. The Morgan fingerprint density at radius 1 is 0.569 bits per heavy atom. The Hall–Kier alpha value is -6.40. The fraction of sp³-hybridized carbons (Fsp3) is 0. The van der Waals surface area contributed by atoms with Crippen molar-refractivity contribution in [3.63, 3.8) is 0 Å². The molecule has 0 N–H and O–H groups in total. The number of benzene rings is 7. The maximum absolute atomic E-state index is 6.64. The van der Waals surface area contributed by atoms with Gasteiger partial charge < -0.3 is 14.0 Å². The maximum Gasteiger partial charge on any atom is 2.00 e. The van der Waals surface area contributed by atoms with Crippen LogP contribution in [0.1, 0.15) is 0 Å². The van der Waals surface area contributed by atoms with Crippen LogP contribution < -0.4 is 30.4 Å². The Kier molecular flexibility index (Phi) is 8.18. The summed E-state index contributed by atoms with van der Waals surface area (Å²) in [6.45, 7) is 0. The molecule has 0 atom stereocenters. The van der Waals surface area contributed by atoms with Gasteiger partial charge in [0.15, 0.2) is 8.07 Å². The predicted molar refractivity (Wildman–Crippen MR) is 237 cm³/mol. The molecule has 1 aliphatic rings. The van der Waals surface area contributed by atoms with Gasteiger partial charge in [0.25, 0.3) is 0 Å². The van der Waals surface area contributed by atoms with Gasteiger partial charge in [-0.15, -0.1) is 41.7 Å². The molecule has 0 radical (unpaired) electrons. The molecule has 0 unspecified atom stereocenters. The van der Waals surface area contributed by atoms with E-state index in [2.05, 4.69) is 167 Å². The van der Waals surface area contributed by atoms with Crippen LogP contribution in [0, 0.1) is 12.1 Å². The van der Waals surface area contributed by atoms with Crippen LogP contribution in [0.4, 0.5) is 17.2 Å². The van der Waals surface area contributed by atoms with Crippen LogP contribution in [-0.4, -0.2) is 22.4 Å². The number of anilines is 3. The third kappa shape index (κ3) is 5.03. The summed E-state index contributed by atoms with van der Waals surface area (Å²) in [6.07, 6.45) is 5.74. The van der Waals surface area contributed by atoms with Crippen LogP contribution in [0.15, 0.2) is 182 Å². The first-order valence-corrected chi connectivity index (χ1v) is 21.8. The minimum Gasteiger partial charge on any atom is -0.503 e. The molecule has 0 aliphatic carbocycles. The summed E-state index contributed by atoms with van der Waals surface area (Å²) < 4.78 is 11.3. The molecule has 1 aliphatic heterocycles. The summed E-state index contributed by atoms with van der Waals surface area (Å²) >= 11 is 1.89. The molecule has 0 saturated carbocycles. The maximum atomic E-state index is 6.64. The minimum absolute atomic E-state index is 0. The molecule has 0 spiro atoms. The standard InChI is InChI=1S/C50H30N4OSSi.Pd/c1-3-15-36(16-4-1)57(37-17-5-2-6-18-37)46-23-12-28-51-50(46)54(44-27-26-41-40-20-8-10-22-45(40)56-47(41)48(44)57)33-13-11-14-34(31-33)55-35-24-25-38-39-19-7-9-21-43(39)53-30-29-52-49(53)42(38)32-35;/h1-30H;/q-2;+2. The molecule has 5 nitrogen and oxygen atoms in total. The molecule has 0 bridgehead atoms. The van der Waals surface area contributed by atoms with Crippen molar-refractivity contribution in [3.8, 4) is 11.5 Å². The second kappa shape index (κ2) is 13.6. The molecular weight excluding hydrogens is 839 g/mol. The van der Waals surface area contributed by atoms with Gasteiger partial charge in [-0.1, -0.05) is 132 Å². The predicted octanol–water partition coefficient (Wildman–Crippen LogP) is 9.95. The zero-order chi connectivity index (χ0) is 37.5. The first-order chi connectivity index (χ1) is 28.3. The van der Waals surface area contributed by atoms with Crippen LogP contribution >= 0.6 is 11.3 Å². The van der Waals surface area contributed by atoms with E-state index in [9.17, 15) is 0 Å². The fourth-order valence-corrected chi connectivity index (χ4v) is 16.0. The Morgan fingerprint density at radius 3 is 2.12 bits per heavy atom. The molecule has 5 heterocycles. The SMILES string of the molecule is [Pd+2].[c-]1c(Oc2[c-]c3c(cc2)c2ccccc2n2ccnc32)cccc1N1c2ccc3c(sc4ccccc43)c2[Si](c2ccccc2)(c2ccccc2)c2cccnc21. The van der Waals surface area contributed by atoms with Crippen molar-refractivity contribution in [1.29, 1.82) is 0 Å². The van der Waals surface area contributed by atoms with E-state index in [1.807, 2.05) is 48.1 Å². The van der Waals surface area contributed by atoms with Gasteiger partial charge in [-0.05, 0) is 50.4 Å². The van der Waals surface area contributed by atoms with Gasteiger partial charge in [0.1, 0.15) is 5.82 Å². The van der Waals surface area contributed by atoms with E-state index in [4.69, 9.17) is 14.7 Å². The van der Waals surface area contributed by atoms with Crippen molar-refractivity contribution < 1.29 is 25.2 Å². The number of imidazole rings is 1. The summed E-state index contributed by atoms with van der Waals surface area (Å²) in [6, 6.07) is 65.9. The van der Waals surface area contributed by atoms with Gasteiger partial charge in [0.05, 0.1) is 5.65 Å². The number of hydrogen-bond donors (Lipinski definition) is 0. The van der Waals surface area contributed by atoms with Crippen LogP contribution in [-0.2, 0) is 20.4 Å². The zero-order valence-electron chi connectivity index (χ0n) is 30.7. The molecule has 12 rings (SSSR count). The normalized spacial score (nSPS) is 13.1. The second-order valence-corrected chi connectivity index (χ2v) is 19.1. The van der Waals surface area contributed by atoms with Crippen molar-refractivity contribution in [2.75, 3.05) is 4.90 Å². The third-order valence-corrected chi connectivity index (χ3v) is 17.6. The van der Waals surface area contributed by atoms with Crippen molar-refractivity contribution in [2.24, 2.45) is 0 Å². The summed E-state index contributed by atoms with van der Waals surface area (Å²) in [4.78, 5) is 12.2. The van der Waals surface area contributed by atoms with Crippen LogP contribution in [0.2, 0.25) is 0 Å². The third-order valence-electron chi connectivity index (χ3n) is 11.4. The van der Waals surface area contributed by atoms with Crippen molar-refractivity contribution in [3.05, 3.63) is 195 Å². The van der Waals surface area contributed by atoms with Crippen molar-refractivity contribution in [1.82, 2.24) is 14.4 Å². The fourth-order valence-electron chi connectivity index (χ4n) is 9.10. The molecular formula is C50H30N4OPdSSi. The molecule has 8 heteroatoms. The van der Waals surface area contributed by atoms with E-state index in [0.29, 0.717) is 11.5 Å². The van der Waals surface area contributed by atoms with Gasteiger partial charge in [-0.3, -0.25) is 4.98 Å². The number of nitrogens with zero attached hydrogens (tertiary/aromatic N) is 4. The molecule has 7 aromatic carbocycles. The number of pyridine rings is 2. The summed E-state index contributed by atoms with van der Waals surface area (Å²) in [5.41, 5.74) is 3.91. The van der Waals surface area contributed by atoms with Gasteiger partial charge in [-0.25, -0.2) is 4.98 Å². The van der Waals surface area contributed by atoms with E-state index in [-0.39, 0.29) is 20.4 Å². The second-order valence-electron chi connectivity index (χ2n) is 14.4. The Labute approximate surface area is 353 Å². The van der Waals surface area contributed by atoms with E-state index in [1.165, 1.54) is 40.9 Å². The average Bonchev–Trinajstić information content (AvgIpc) is 3.93. The van der Waals surface area contributed by atoms with Crippen LogP contribution in [0.3, 0.4) is 0 Å². The van der Waals surface area contributed by atoms with Gasteiger partial charge in [0, 0.05) is 61.5 Å². The summed E-state index contributed by atoms with van der Waals surface area (Å²) in [5, 5.41) is 10.9. The van der Waals surface area contributed by atoms with E-state index in [0.717, 1.165) is 44.5 Å². The number of para-hydroxylation sites is 1. The number of thiophene rings is 1. The number of rotatable bonds is 5. The average molecular weight is 869 g/mol. The summed E-state index contributed by atoms with van der Waals surface area (Å²) in [7, 11) is -2.97. The summed E-state index contributed by atoms with van der Waals surface area (Å²) in [5.74, 6) is 2.09. The Balaban J connectivity index is 0.00000385.